The summed E-state index contributed by atoms with van der Waals surface area (Å²) < 4.78 is 0. The normalized spacial score (nSPS) is 11.1. The Balaban J connectivity index is 0.00000208. The second-order valence-corrected chi connectivity index (χ2v) is 5.19. The number of para-hydroxylation sites is 1. The highest BCUT2D eigenvalue weighted by atomic mass is 127. The van der Waals surface area contributed by atoms with Crippen LogP contribution in [0.1, 0.15) is 11.3 Å². The summed E-state index contributed by atoms with van der Waals surface area (Å²) in [5, 5.41) is 4.23. The van der Waals surface area contributed by atoms with E-state index in [0.717, 1.165) is 28.6 Å². The van der Waals surface area contributed by atoms with Gasteiger partial charge in [-0.25, -0.2) is 4.99 Å². The zero-order chi connectivity index (χ0) is 15.9. The van der Waals surface area contributed by atoms with Gasteiger partial charge in [-0.1, -0.05) is 30.3 Å². The molecule has 0 aliphatic heterocycles. The van der Waals surface area contributed by atoms with Gasteiger partial charge in [-0.3, -0.25) is 9.97 Å². The molecule has 0 saturated carbocycles. The monoisotopic (exact) mass is 433 g/mol. The molecule has 0 saturated heterocycles. The number of benzene rings is 1. The Labute approximate surface area is 158 Å². The first-order valence-corrected chi connectivity index (χ1v) is 7.59. The number of guanidine groups is 1. The van der Waals surface area contributed by atoms with Crippen LogP contribution in [-0.2, 0) is 13.0 Å². The minimum Gasteiger partial charge on any atom is -0.370 e. The lowest BCUT2D eigenvalue weighted by Crippen LogP contribution is -2.33. The Morgan fingerprint density at radius 2 is 1.83 bits per heavy atom. The van der Waals surface area contributed by atoms with Crippen LogP contribution in [0.2, 0.25) is 0 Å². The van der Waals surface area contributed by atoms with Gasteiger partial charge in [-0.05, 0) is 23.8 Å². The maximum atomic E-state index is 5.93. The fraction of sp³-hybridized carbons (Fsp3) is 0.167. The van der Waals surface area contributed by atoms with Crippen LogP contribution in [-0.4, -0.2) is 22.5 Å². The Morgan fingerprint density at radius 3 is 2.67 bits per heavy atom. The van der Waals surface area contributed by atoms with Gasteiger partial charge < -0.3 is 11.1 Å². The highest BCUT2D eigenvalue weighted by molar-refractivity contribution is 14.0. The summed E-state index contributed by atoms with van der Waals surface area (Å²) in [5.74, 6) is 0.439. The molecule has 0 fully saturated rings. The molecule has 0 atom stereocenters. The van der Waals surface area contributed by atoms with Crippen molar-refractivity contribution in [3.05, 3.63) is 72.2 Å². The SMILES string of the molecule is I.NC(=NCc1cccc2cccnc12)NCCc1ccccn1. The van der Waals surface area contributed by atoms with Gasteiger partial charge in [-0.2, -0.15) is 0 Å². The number of nitrogens with zero attached hydrogens (tertiary/aromatic N) is 3. The first kappa shape index (κ1) is 18.1. The molecule has 0 unspecified atom stereocenters. The summed E-state index contributed by atoms with van der Waals surface area (Å²) in [6, 6.07) is 15.9. The van der Waals surface area contributed by atoms with Crippen LogP contribution < -0.4 is 11.1 Å². The quantitative estimate of drug-likeness (QED) is 0.369. The van der Waals surface area contributed by atoms with Crippen molar-refractivity contribution in [1.82, 2.24) is 15.3 Å². The first-order valence-electron chi connectivity index (χ1n) is 7.59. The topological polar surface area (TPSA) is 76.2 Å². The third-order valence-corrected chi connectivity index (χ3v) is 3.55. The first-order chi connectivity index (χ1) is 11.3. The summed E-state index contributed by atoms with van der Waals surface area (Å²) in [6.45, 7) is 1.22. The zero-order valence-electron chi connectivity index (χ0n) is 13.2. The van der Waals surface area contributed by atoms with E-state index in [1.165, 1.54) is 0 Å². The van der Waals surface area contributed by atoms with Crippen LogP contribution in [0.5, 0.6) is 0 Å². The maximum Gasteiger partial charge on any atom is 0.188 e. The van der Waals surface area contributed by atoms with Gasteiger partial charge in [-0.15, -0.1) is 24.0 Å². The molecule has 124 valence electrons. The number of pyridine rings is 2. The number of halogens is 1. The predicted molar refractivity (Wildman–Crippen MR) is 108 cm³/mol. The van der Waals surface area contributed by atoms with Crippen molar-refractivity contribution in [2.24, 2.45) is 10.7 Å². The average molecular weight is 433 g/mol. The van der Waals surface area contributed by atoms with Crippen LogP contribution in [0.4, 0.5) is 0 Å². The number of fused-ring (bicyclic) bond motifs is 1. The Bertz CT molecular complexity index is 799. The molecule has 1 aromatic carbocycles. The lowest BCUT2D eigenvalue weighted by atomic mass is 10.1. The third kappa shape index (κ3) is 4.89. The molecule has 2 heterocycles. The average Bonchev–Trinajstić information content (AvgIpc) is 2.61. The van der Waals surface area contributed by atoms with E-state index < -0.39 is 0 Å². The molecule has 6 heteroatoms. The molecule has 3 N–H and O–H groups in total. The van der Waals surface area contributed by atoms with E-state index in [2.05, 4.69) is 20.3 Å². The largest absolute Gasteiger partial charge is 0.370 e. The van der Waals surface area contributed by atoms with Crippen molar-refractivity contribution in [2.45, 2.75) is 13.0 Å². The van der Waals surface area contributed by atoms with Crippen molar-refractivity contribution in [1.29, 1.82) is 0 Å². The molecular weight excluding hydrogens is 413 g/mol. The van der Waals surface area contributed by atoms with Crippen molar-refractivity contribution in [2.75, 3.05) is 6.54 Å². The summed E-state index contributed by atoms with van der Waals surface area (Å²) >= 11 is 0. The van der Waals surface area contributed by atoms with E-state index in [1.807, 2.05) is 48.5 Å². The van der Waals surface area contributed by atoms with Crippen molar-refractivity contribution in [3.8, 4) is 0 Å². The molecule has 2 aromatic heterocycles. The standard InChI is InChI=1S/C18H19N5.HI/c19-18(22-12-9-16-8-1-2-10-20-16)23-13-15-6-3-5-14-7-4-11-21-17(14)15;/h1-8,10-11H,9,12-13H2,(H3,19,22,23);1H. The van der Waals surface area contributed by atoms with Gasteiger partial charge in [0.1, 0.15) is 0 Å². The Hall–Kier alpha value is -2.22. The molecule has 0 spiro atoms. The number of nitrogens with one attached hydrogen (secondary N) is 1. The van der Waals surface area contributed by atoms with E-state index in [9.17, 15) is 0 Å². The lowest BCUT2D eigenvalue weighted by molar-refractivity contribution is 0.828. The van der Waals surface area contributed by atoms with E-state index in [1.54, 1.807) is 12.4 Å². The molecule has 0 aliphatic carbocycles. The molecule has 0 amide bonds. The van der Waals surface area contributed by atoms with E-state index in [4.69, 9.17) is 5.73 Å². The van der Waals surface area contributed by atoms with Crippen molar-refractivity contribution in [3.63, 3.8) is 0 Å². The molecular formula is C18H20IN5. The number of aromatic nitrogens is 2. The number of hydrogen-bond donors (Lipinski definition) is 2. The van der Waals surface area contributed by atoms with Crippen LogP contribution in [0.25, 0.3) is 10.9 Å². The summed E-state index contributed by atoms with van der Waals surface area (Å²) in [5.41, 5.74) is 9.00. The molecule has 0 aliphatic rings. The molecule has 3 rings (SSSR count). The number of aliphatic imine (C=N–C) groups is 1. The van der Waals surface area contributed by atoms with Gasteiger partial charge in [0.2, 0.25) is 0 Å². The van der Waals surface area contributed by atoms with Crippen LogP contribution in [0.15, 0.2) is 65.9 Å². The molecule has 0 radical (unpaired) electrons. The van der Waals surface area contributed by atoms with Crippen molar-refractivity contribution >= 4 is 40.8 Å². The number of nitrogens with two attached hydrogens (primary N) is 1. The van der Waals surface area contributed by atoms with Gasteiger partial charge in [0, 0.05) is 36.4 Å². The van der Waals surface area contributed by atoms with E-state index in [0.29, 0.717) is 19.0 Å². The summed E-state index contributed by atoms with van der Waals surface area (Å²) in [4.78, 5) is 13.1. The minimum atomic E-state index is 0. The molecule has 3 aromatic rings. The highest BCUT2D eigenvalue weighted by Crippen LogP contribution is 2.16. The maximum absolute atomic E-state index is 5.93. The van der Waals surface area contributed by atoms with Gasteiger partial charge in [0.05, 0.1) is 12.1 Å². The fourth-order valence-corrected chi connectivity index (χ4v) is 2.39. The van der Waals surface area contributed by atoms with Gasteiger partial charge in [0.25, 0.3) is 0 Å². The second-order valence-electron chi connectivity index (χ2n) is 5.19. The van der Waals surface area contributed by atoms with E-state index in [-0.39, 0.29) is 24.0 Å². The van der Waals surface area contributed by atoms with Gasteiger partial charge >= 0.3 is 0 Å². The summed E-state index contributed by atoms with van der Waals surface area (Å²) in [7, 11) is 0. The lowest BCUT2D eigenvalue weighted by Gasteiger charge is -2.06. The van der Waals surface area contributed by atoms with Crippen LogP contribution in [0, 0.1) is 0 Å². The highest BCUT2D eigenvalue weighted by Gasteiger charge is 2.01. The number of rotatable bonds is 5. The van der Waals surface area contributed by atoms with Gasteiger partial charge in [0.15, 0.2) is 5.96 Å². The Morgan fingerprint density at radius 1 is 1.00 bits per heavy atom. The molecule has 0 bridgehead atoms. The Kier molecular flexibility index (Phi) is 6.92. The minimum absolute atomic E-state index is 0. The smallest absolute Gasteiger partial charge is 0.188 e. The third-order valence-electron chi connectivity index (χ3n) is 3.55. The van der Waals surface area contributed by atoms with Crippen LogP contribution >= 0.6 is 24.0 Å². The summed E-state index contributed by atoms with van der Waals surface area (Å²) in [6.07, 6.45) is 4.40. The fourth-order valence-electron chi connectivity index (χ4n) is 2.39. The zero-order valence-corrected chi connectivity index (χ0v) is 15.6. The second kappa shape index (κ2) is 9.17. The molecule has 5 nitrogen and oxygen atoms in total. The van der Waals surface area contributed by atoms with Crippen LogP contribution in [0.3, 0.4) is 0 Å². The van der Waals surface area contributed by atoms with Crippen molar-refractivity contribution < 1.29 is 0 Å². The molecule has 24 heavy (non-hydrogen) atoms. The predicted octanol–water partition coefficient (Wildman–Crippen LogP) is 2.89. The number of hydrogen-bond acceptors (Lipinski definition) is 3. The van der Waals surface area contributed by atoms with E-state index >= 15 is 0 Å².